The van der Waals surface area contributed by atoms with Crippen LogP contribution in [0.25, 0.3) is 0 Å². The number of halogens is 1. The molecule has 1 aliphatic rings. The topological polar surface area (TPSA) is 41.1 Å². The van der Waals surface area contributed by atoms with E-state index in [-0.39, 0.29) is 18.0 Å². The number of hydrogen-bond acceptors (Lipinski definition) is 3. The first kappa shape index (κ1) is 14.7. The van der Waals surface area contributed by atoms with Crippen molar-refractivity contribution in [3.63, 3.8) is 0 Å². The summed E-state index contributed by atoms with van der Waals surface area (Å²) in [6.07, 6.45) is 0.822. The summed E-state index contributed by atoms with van der Waals surface area (Å²) < 4.78 is 0. The molecule has 1 aromatic rings. The second kappa shape index (κ2) is 7.17. The molecule has 5 heteroatoms. The summed E-state index contributed by atoms with van der Waals surface area (Å²) in [5.41, 5.74) is 1.18. The fraction of sp³-hybridized carbons (Fsp3) is 0.500. The van der Waals surface area contributed by atoms with Crippen molar-refractivity contribution in [3.8, 4) is 0 Å². The zero-order valence-electron chi connectivity index (χ0n) is 11.0. The number of thioether (sulfide) groups is 1. The van der Waals surface area contributed by atoms with Gasteiger partial charge in [0.2, 0.25) is 5.91 Å². The fourth-order valence-corrected chi connectivity index (χ4v) is 3.16. The van der Waals surface area contributed by atoms with Crippen molar-refractivity contribution in [2.24, 2.45) is 0 Å². The number of rotatable bonds is 4. The molecular weight excluding hydrogens is 280 g/mol. The molecule has 2 N–H and O–H groups in total. The standard InChI is InChI=1S/C14H19ClN2OS/c1-10(8-11-2-4-12(15)5-3-11)17-14(18)13-9-19-7-6-16-13/h2-5,10,13,16H,6-9H2,1H3,(H,17,18). The van der Waals surface area contributed by atoms with Crippen LogP contribution in [0.1, 0.15) is 12.5 Å². The van der Waals surface area contributed by atoms with Crippen LogP contribution in [0.5, 0.6) is 0 Å². The lowest BCUT2D eigenvalue weighted by atomic mass is 10.1. The predicted octanol–water partition coefficient (Wildman–Crippen LogP) is 2.09. The van der Waals surface area contributed by atoms with Crippen LogP contribution < -0.4 is 10.6 Å². The Morgan fingerprint density at radius 3 is 2.89 bits per heavy atom. The molecule has 19 heavy (non-hydrogen) atoms. The molecule has 2 atom stereocenters. The van der Waals surface area contributed by atoms with E-state index in [0.29, 0.717) is 0 Å². The quantitative estimate of drug-likeness (QED) is 0.894. The maximum absolute atomic E-state index is 12.0. The number of benzene rings is 1. The number of hydrogen-bond donors (Lipinski definition) is 2. The van der Waals surface area contributed by atoms with Gasteiger partial charge in [0.15, 0.2) is 0 Å². The number of nitrogens with one attached hydrogen (secondary N) is 2. The third-order valence-electron chi connectivity index (χ3n) is 3.08. The minimum atomic E-state index is -0.0496. The molecule has 2 unspecified atom stereocenters. The average molecular weight is 299 g/mol. The molecule has 0 spiro atoms. The van der Waals surface area contributed by atoms with E-state index in [4.69, 9.17) is 11.6 Å². The van der Waals surface area contributed by atoms with Crippen LogP contribution in [0.15, 0.2) is 24.3 Å². The van der Waals surface area contributed by atoms with E-state index in [9.17, 15) is 4.79 Å². The van der Waals surface area contributed by atoms with E-state index in [0.717, 1.165) is 29.5 Å². The van der Waals surface area contributed by atoms with Crippen molar-refractivity contribution in [2.75, 3.05) is 18.1 Å². The SMILES string of the molecule is CC(Cc1ccc(Cl)cc1)NC(=O)C1CSCCN1. The Bertz CT molecular complexity index is 418. The molecule has 2 rings (SSSR count). The fourth-order valence-electron chi connectivity index (χ4n) is 2.10. The summed E-state index contributed by atoms with van der Waals surface area (Å²) in [4.78, 5) is 12.0. The van der Waals surface area contributed by atoms with Gasteiger partial charge in [-0.2, -0.15) is 11.8 Å². The molecular formula is C14H19ClN2OS. The molecule has 1 fully saturated rings. The molecule has 1 amide bonds. The van der Waals surface area contributed by atoms with Crippen LogP contribution in [0.4, 0.5) is 0 Å². The smallest absolute Gasteiger partial charge is 0.238 e. The van der Waals surface area contributed by atoms with Crippen molar-refractivity contribution in [2.45, 2.75) is 25.4 Å². The number of amides is 1. The average Bonchev–Trinajstić information content (AvgIpc) is 2.42. The van der Waals surface area contributed by atoms with Crippen molar-refractivity contribution < 1.29 is 4.79 Å². The highest BCUT2D eigenvalue weighted by Crippen LogP contribution is 2.12. The molecule has 1 saturated heterocycles. The molecule has 1 heterocycles. The van der Waals surface area contributed by atoms with Crippen molar-refractivity contribution in [3.05, 3.63) is 34.9 Å². The van der Waals surface area contributed by atoms with Crippen LogP contribution in [-0.4, -0.2) is 36.0 Å². The summed E-state index contributed by atoms with van der Waals surface area (Å²) >= 11 is 7.68. The highest BCUT2D eigenvalue weighted by molar-refractivity contribution is 7.99. The summed E-state index contributed by atoms with van der Waals surface area (Å²) in [7, 11) is 0. The first-order valence-electron chi connectivity index (χ1n) is 6.51. The molecule has 0 bridgehead atoms. The van der Waals surface area contributed by atoms with E-state index in [1.807, 2.05) is 43.0 Å². The molecule has 0 saturated carbocycles. The monoisotopic (exact) mass is 298 g/mol. The Kier molecular flexibility index (Phi) is 5.55. The Labute approximate surface area is 123 Å². The summed E-state index contributed by atoms with van der Waals surface area (Å²) in [6.45, 7) is 2.94. The molecule has 0 radical (unpaired) electrons. The lowest BCUT2D eigenvalue weighted by molar-refractivity contribution is -0.123. The second-order valence-electron chi connectivity index (χ2n) is 4.82. The van der Waals surface area contributed by atoms with Gasteiger partial charge in [0.25, 0.3) is 0 Å². The third kappa shape index (κ3) is 4.71. The molecule has 104 valence electrons. The van der Waals surface area contributed by atoms with Gasteiger partial charge < -0.3 is 10.6 Å². The first-order valence-corrected chi connectivity index (χ1v) is 8.04. The van der Waals surface area contributed by atoms with Gasteiger partial charge in [0.05, 0.1) is 6.04 Å². The van der Waals surface area contributed by atoms with E-state index in [1.54, 1.807) is 0 Å². The van der Waals surface area contributed by atoms with Crippen LogP contribution in [0, 0.1) is 0 Å². The van der Waals surface area contributed by atoms with Gasteiger partial charge in [-0.25, -0.2) is 0 Å². The molecule has 1 aromatic carbocycles. The molecule has 0 aliphatic carbocycles. The second-order valence-corrected chi connectivity index (χ2v) is 6.41. The molecule has 0 aromatic heterocycles. The zero-order valence-corrected chi connectivity index (χ0v) is 12.6. The van der Waals surface area contributed by atoms with Crippen molar-refractivity contribution in [1.82, 2.24) is 10.6 Å². The third-order valence-corrected chi connectivity index (χ3v) is 4.40. The Hall–Kier alpha value is -0.710. The first-order chi connectivity index (χ1) is 9.15. The highest BCUT2D eigenvalue weighted by Gasteiger charge is 2.21. The van der Waals surface area contributed by atoms with Crippen LogP contribution in [0.2, 0.25) is 5.02 Å². The molecule has 3 nitrogen and oxygen atoms in total. The van der Waals surface area contributed by atoms with Crippen LogP contribution >= 0.6 is 23.4 Å². The van der Waals surface area contributed by atoms with Crippen molar-refractivity contribution in [1.29, 1.82) is 0 Å². The lowest BCUT2D eigenvalue weighted by Gasteiger charge is -2.24. The Morgan fingerprint density at radius 1 is 1.53 bits per heavy atom. The number of carbonyl (C=O) groups is 1. The van der Waals surface area contributed by atoms with E-state index >= 15 is 0 Å². The summed E-state index contributed by atoms with van der Waals surface area (Å²) in [6, 6.07) is 7.84. The zero-order chi connectivity index (χ0) is 13.7. The Morgan fingerprint density at radius 2 is 2.26 bits per heavy atom. The van der Waals surface area contributed by atoms with Gasteiger partial charge in [-0.3, -0.25) is 4.79 Å². The highest BCUT2D eigenvalue weighted by atomic mass is 35.5. The normalized spacial score (nSPS) is 20.8. The minimum Gasteiger partial charge on any atom is -0.352 e. The lowest BCUT2D eigenvalue weighted by Crippen LogP contribution is -2.51. The van der Waals surface area contributed by atoms with Gasteiger partial charge in [-0.1, -0.05) is 23.7 Å². The van der Waals surface area contributed by atoms with Gasteiger partial charge in [0, 0.05) is 29.1 Å². The van der Waals surface area contributed by atoms with E-state index in [1.165, 1.54) is 5.56 Å². The summed E-state index contributed by atoms with van der Waals surface area (Å²) in [5, 5.41) is 7.05. The maximum atomic E-state index is 12.0. The van der Waals surface area contributed by atoms with Gasteiger partial charge in [-0.05, 0) is 31.0 Å². The largest absolute Gasteiger partial charge is 0.352 e. The van der Waals surface area contributed by atoms with Gasteiger partial charge >= 0.3 is 0 Å². The van der Waals surface area contributed by atoms with Crippen molar-refractivity contribution >= 4 is 29.3 Å². The minimum absolute atomic E-state index is 0.0496. The Balaban J connectivity index is 1.81. The van der Waals surface area contributed by atoms with E-state index < -0.39 is 0 Å². The number of carbonyl (C=O) groups excluding carboxylic acids is 1. The predicted molar refractivity (Wildman–Crippen MR) is 81.9 cm³/mol. The van der Waals surface area contributed by atoms with E-state index in [2.05, 4.69) is 10.6 Å². The maximum Gasteiger partial charge on any atom is 0.238 e. The van der Waals surface area contributed by atoms with Gasteiger partial charge in [-0.15, -0.1) is 0 Å². The summed E-state index contributed by atoms with van der Waals surface area (Å²) in [5.74, 6) is 2.05. The molecule has 1 aliphatic heterocycles. The van der Waals surface area contributed by atoms with Crippen LogP contribution in [-0.2, 0) is 11.2 Å². The van der Waals surface area contributed by atoms with Crippen LogP contribution in [0.3, 0.4) is 0 Å². The van der Waals surface area contributed by atoms with Gasteiger partial charge in [0.1, 0.15) is 0 Å².